The van der Waals surface area contributed by atoms with E-state index >= 15 is 0 Å². The number of nitrogens with one attached hydrogen (secondary N) is 1. The smallest absolute Gasteiger partial charge is 0.255 e. The Bertz CT molecular complexity index is 1540. The number of fused-ring (bicyclic) bond motifs is 1. The van der Waals surface area contributed by atoms with E-state index in [1.807, 2.05) is 24.3 Å². The molecule has 4 rings (SSSR count). The molecule has 2 N–H and O–H groups in total. The van der Waals surface area contributed by atoms with Gasteiger partial charge in [0, 0.05) is 17.1 Å². The number of amides is 1. The molecule has 0 spiro atoms. The first-order valence-corrected chi connectivity index (χ1v) is 13.0. The summed E-state index contributed by atoms with van der Waals surface area (Å²) in [7, 11) is -4.20. The molecule has 4 aromatic carbocycles. The van der Waals surface area contributed by atoms with Crippen LogP contribution in [0.1, 0.15) is 11.1 Å². The molecule has 0 bridgehead atoms. The van der Waals surface area contributed by atoms with E-state index in [-0.39, 0.29) is 27.2 Å². The Kier molecular flexibility index (Phi) is 7.91. The van der Waals surface area contributed by atoms with Crippen LogP contribution in [0.15, 0.2) is 94.9 Å². The van der Waals surface area contributed by atoms with Crippen LogP contribution in [-0.2, 0) is 21.4 Å². The van der Waals surface area contributed by atoms with Gasteiger partial charge in [0.1, 0.15) is 10.6 Å². The van der Waals surface area contributed by atoms with Crippen molar-refractivity contribution >= 4 is 56.1 Å². The molecule has 0 fully saturated rings. The molecule has 0 aromatic heterocycles. The van der Waals surface area contributed by atoms with Gasteiger partial charge in [0.2, 0.25) is 10.0 Å². The zero-order valence-corrected chi connectivity index (χ0v) is 21.1. The monoisotopic (exact) mass is 541 g/mol. The average molecular weight is 542 g/mol. The minimum Gasteiger partial charge on any atom is -0.507 e. The molecule has 0 aliphatic carbocycles. The lowest BCUT2D eigenvalue weighted by Gasteiger charge is -2.22. The summed E-state index contributed by atoms with van der Waals surface area (Å²) in [6.07, 6.45) is 1.32. The van der Waals surface area contributed by atoms with Crippen molar-refractivity contribution in [2.45, 2.75) is 11.4 Å². The van der Waals surface area contributed by atoms with Gasteiger partial charge in [-0.2, -0.15) is 9.41 Å². The number of phenolic OH excluding ortho intramolecular Hbond substituents is 1. The van der Waals surface area contributed by atoms with Gasteiger partial charge in [-0.25, -0.2) is 13.8 Å². The number of phenols is 1. The van der Waals surface area contributed by atoms with E-state index in [0.29, 0.717) is 11.1 Å². The number of carbonyl (C=O) groups excluding carboxylic acids is 1. The third-order valence-electron chi connectivity index (χ3n) is 5.36. The zero-order chi connectivity index (χ0) is 25.7. The fourth-order valence-electron chi connectivity index (χ4n) is 3.61. The second kappa shape index (κ2) is 11.1. The Morgan fingerprint density at radius 1 is 0.972 bits per heavy atom. The van der Waals surface area contributed by atoms with Crippen LogP contribution in [0, 0.1) is 0 Å². The number of sulfonamides is 1. The summed E-state index contributed by atoms with van der Waals surface area (Å²) in [5, 5.41) is 16.0. The third kappa shape index (κ3) is 5.85. The summed E-state index contributed by atoms with van der Waals surface area (Å²) in [6.45, 7) is -0.605. The van der Waals surface area contributed by atoms with Crippen LogP contribution >= 0.6 is 23.2 Å². The first-order chi connectivity index (χ1) is 17.3. The molecule has 4 aromatic rings. The minimum absolute atomic E-state index is 0.00409. The minimum atomic E-state index is -4.20. The summed E-state index contributed by atoms with van der Waals surface area (Å²) in [4.78, 5) is 12.6. The third-order valence-corrected chi connectivity index (χ3v) is 7.87. The Hall–Kier alpha value is -3.43. The van der Waals surface area contributed by atoms with Crippen LogP contribution in [-0.4, -0.2) is 36.5 Å². The molecule has 0 saturated heterocycles. The number of rotatable bonds is 8. The van der Waals surface area contributed by atoms with E-state index in [1.165, 1.54) is 30.5 Å². The maximum atomic E-state index is 13.5. The first-order valence-electron chi connectivity index (χ1n) is 10.8. The number of carbonyl (C=O) groups is 1. The predicted octanol–water partition coefficient (Wildman–Crippen LogP) is 5.19. The normalized spacial score (nSPS) is 11.9. The van der Waals surface area contributed by atoms with Crippen molar-refractivity contribution in [1.29, 1.82) is 0 Å². The fraction of sp³-hybridized carbons (Fsp3) is 0.0769. The molecule has 0 unspecified atom stereocenters. The van der Waals surface area contributed by atoms with Crippen LogP contribution in [0.2, 0.25) is 10.0 Å². The van der Waals surface area contributed by atoms with E-state index in [4.69, 9.17) is 23.2 Å². The van der Waals surface area contributed by atoms with Gasteiger partial charge in [0.05, 0.1) is 17.8 Å². The Morgan fingerprint density at radius 3 is 2.47 bits per heavy atom. The van der Waals surface area contributed by atoms with Crippen molar-refractivity contribution in [2.75, 3.05) is 6.54 Å². The Morgan fingerprint density at radius 2 is 1.69 bits per heavy atom. The van der Waals surface area contributed by atoms with Crippen LogP contribution in [0.25, 0.3) is 10.8 Å². The lowest BCUT2D eigenvalue weighted by atomic mass is 10.0. The molecule has 0 atom stereocenters. The molecule has 0 saturated carbocycles. The lowest BCUT2D eigenvalue weighted by Crippen LogP contribution is -2.39. The summed E-state index contributed by atoms with van der Waals surface area (Å²) >= 11 is 12.2. The number of hydrogen-bond acceptors (Lipinski definition) is 5. The average Bonchev–Trinajstić information content (AvgIpc) is 2.87. The SMILES string of the molecule is O=C(CN(Cc1ccccc1)S(=O)(=O)c1cc(Cl)ccc1Cl)NN=Cc1c(O)ccc2ccccc12. The molecule has 0 aliphatic rings. The molecule has 184 valence electrons. The van der Waals surface area contributed by atoms with E-state index in [2.05, 4.69) is 10.5 Å². The summed E-state index contributed by atoms with van der Waals surface area (Å²) in [6, 6.07) is 23.7. The summed E-state index contributed by atoms with van der Waals surface area (Å²) < 4.78 is 27.9. The molecule has 7 nitrogen and oxygen atoms in total. The molecular formula is C26H21Cl2N3O4S. The van der Waals surface area contributed by atoms with Crippen LogP contribution in [0.5, 0.6) is 5.75 Å². The van der Waals surface area contributed by atoms with Gasteiger partial charge in [-0.15, -0.1) is 0 Å². The van der Waals surface area contributed by atoms with Crippen molar-refractivity contribution < 1.29 is 18.3 Å². The molecule has 10 heteroatoms. The molecular weight excluding hydrogens is 521 g/mol. The molecule has 0 radical (unpaired) electrons. The summed E-state index contributed by atoms with van der Waals surface area (Å²) in [5.41, 5.74) is 3.44. The van der Waals surface area contributed by atoms with Crippen LogP contribution < -0.4 is 5.43 Å². The largest absolute Gasteiger partial charge is 0.507 e. The highest BCUT2D eigenvalue weighted by molar-refractivity contribution is 7.89. The van der Waals surface area contributed by atoms with Crippen molar-refractivity contribution in [3.8, 4) is 5.75 Å². The van der Waals surface area contributed by atoms with Gasteiger partial charge in [-0.1, -0.05) is 83.9 Å². The van der Waals surface area contributed by atoms with Gasteiger partial charge in [-0.3, -0.25) is 4.79 Å². The lowest BCUT2D eigenvalue weighted by molar-refractivity contribution is -0.121. The standard InChI is InChI=1S/C26H21Cl2N3O4S/c27-20-11-12-23(28)25(14-20)36(34,35)31(16-18-6-2-1-3-7-18)17-26(33)30-29-15-22-21-9-5-4-8-19(21)10-13-24(22)32/h1-15,32H,16-17H2,(H,30,33). The van der Waals surface area contributed by atoms with E-state index < -0.39 is 22.5 Å². The molecule has 36 heavy (non-hydrogen) atoms. The van der Waals surface area contributed by atoms with Crippen molar-refractivity contribution in [1.82, 2.24) is 9.73 Å². The van der Waals surface area contributed by atoms with Crippen LogP contribution in [0.3, 0.4) is 0 Å². The van der Waals surface area contributed by atoms with Crippen LogP contribution in [0.4, 0.5) is 0 Å². The van der Waals surface area contributed by atoms with Gasteiger partial charge < -0.3 is 5.11 Å². The maximum absolute atomic E-state index is 13.5. The van der Waals surface area contributed by atoms with E-state index in [0.717, 1.165) is 15.1 Å². The highest BCUT2D eigenvalue weighted by atomic mass is 35.5. The number of aromatic hydroxyl groups is 1. The molecule has 0 aliphatic heterocycles. The van der Waals surface area contributed by atoms with Crippen molar-refractivity contribution in [2.24, 2.45) is 5.10 Å². The van der Waals surface area contributed by atoms with Gasteiger partial charge in [0.25, 0.3) is 5.91 Å². The number of hydrogen-bond donors (Lipinski definition) is 2. The van der Waals surface area contributed by atoms with Gasteiger partial charge in [-0.05, 0) is 40.6 Å². The number of benzene rings is 4. The number of halogens is 2. The van der Waals surface area contributed by atoms with Crippen molar-refractivity contribution in [3.05, 3.63) is 106 Å². The number of nitrogens with zero attached hydrogens (tertiary/aromatic N) is 2. The summed E-state index contributed by atoms with van der Waals surface area (Å²) in [5.74, 6) is -0.681. The fourth-order valence-corrected chi connectivity index (χ4v) is 5.73. The zero-order valence-electron chi connectivity index (χ0n) is 18.8. The van der Waals surface area contributed by atoms with Gasteiger partial charge >= 0.3 is 0 Å². The molecule has 0 heterocycles. The Balaban J connectivity index is 1.58. The van der Waals surface area contributed by atoms with Crippen molar-refractivity contribution in [3.63, 3.8) is 0 Å². The Labute approximate surface area is 218 Å². The first kappa shape index (κ1) is 25.7. The van der Waals surface area contributed by atoms with Gasteiger partial charge in [0.15, 0.2) is 0 Å². The number of hydrazone groups is 1. The predicted molar refractivity (Wildman–Crippen MR) is 142 cm³/mol. The highest BCUT2D eigenvalue weighted by Gasteiger charge is 2.29. The highest BCUT2D eigenvalue weighted by Crippen LogP contribution is 2.29. The second-order valence-electron chi connectivity index (χ2n) is 7.85. The maximum Gasteiger partial charge on any atom is 0.255 e. The quantitative estimate of drug-likeness (QED) is 0.236. The molecule has 1 amide bonds. The van der Waals surface area contributed by atoms with E-state index in [1.54, 1.807) is 36.4 Å². The second-order valence-corrected chi connectivity index (χ2v) is 10.6. The topological polar surface area (TPSA) is 99.1 Å². The van der Waals surface area contributed by atoms with E-state index in [9.17, 15) is 18.3 Å².